The number of furan rings is 1. The number of hydrogen-bond acceptors (Lipinski definition) is 6. The topological polar surface area (TPSA) is 82.5 Å². The van der Waals surface area contributed by atoms with E-state index in [4.69, 9.17) is 9.15 Å². The van der Waals surface area contributed by atoms with E-state index in [1.54, 1.807) is 30.5 Å². The maximum atomic E-state index is 11.5. The van der Waals surface area contributed by atoms with Crippen molar-refractivity contribution in [2.75, 3.05) is 7.11 Å². The van der Waals surface area contributed by atoms with E-state index in [1.807, 2.05) is 12.1 Å². The average Bonchev–Trinajstić information content (AvgIpc) is 3.23. The molecule has 0 atom stereocenters. The van der Waals surface area contributed by atoms with Crippen LogP contribution in [0.1, 0.15) is 16.1 Å². The number of rotatable bonds is 4. The molecule has 0 saturated carbocycles. The van der Waals surface area contributed by atoms with Gasteiger partial charge in [0, 0.05) is 5.56 Å². The van der Waals surface area contributed by atoms with Gasteiger partial charge in [0.2, 0.25) is 0 Å². The van der Waals surface area contributed by atoms with Crippen LogP contribution in [0.15, 0.2) is 58.6 Å². The maximum Gasteiger partial charge on any atom is 0.337 e. The summed E-state index contributed by atoms with van der Waals surface area (Å²) in [5.41, 5.74) is 1.25. The Morgan fingerprint density at radius 1 is 1.27 bits per heavy atom. The van der Waals surface area contributed by atoms with E-state index < -0.39 is 0 Å². The minimum atomic E-state index is -0.386. The van der Waals surface area contributed by atoms with Gasteiger partial charge in [0.25, 0.3) is 0 Å². The normalized spacial score (nSPS) is 11.0. The van der Waals surface area contributed by atoms with Crippen molar-refractivity contribution < 1.29 is 13.9 Å². The second-order valence-electron chi connectivity index (χ2n) is 4.36. The molecule has 2 aromatic heterocycles. The van der Waals surface area contributed by atoms with Crippen molar-refractivity contribution in [3.63, 3.8) is 0 Å². The quantitative estimate of drug-likeness (QED) is 0.544. The summed E-state index contributed by atoms with van der Waals surface area (Å²) < 4.78 is 11.8. The molecule has 1 aromatic carbocycles. The molecule has 110 valence electrons. The fraction of sp³-hybridized carbons (Fsp3) is 0.0667. The Bertz CT molecular complexity index is 806. The van der Waals surface area contributed by atoms with Crippen molar-refractivity contribution >= 4 is 12.2 Å². The monoisotopic (exact) mass is 296 g/mol. The van der Waals surface area contributed by atoms with Gasteiger partial charge in [0.05, 0.1) is 18.9 Å². The Morgan fingerprint density at radius 2 is 2.09 bits per heavy atom. The molecule has 7 heteroatoms. The van der Waals surface area contributed by atoms with Crippen molar-refractivity contribution in [2.24, 2.45) is 5.10 Å². The first-order valence-electron chi connectivity index (χ1n) is 6.44. The van der Waals surface area contributed by atoms with Crippen LogP contribution in [-0.2, 0) is 4.74 Å². The summed E-state index contributed by atoms with van der Waals surface area (Å²) in [5.74, 6) is 0.825. The Labute approximate surface area is 125 Å². The Kier molecular flexibility index (Phi) is 3.78. The molecule has 3 rings (SSSR count). The fourth-order valence-electron chi connectivity index (χ4n) is 1.87. The fourth-order valence-corrected chi connectivity index (χ4v) is 1.87. The predicted molar refractivity (Wildman–Crippen MR) is 78.5 cm³/mol. The number of carbonyl (C=O) groups excluding carboxylic acids is 1. The van der Waals surface area contributed by atoms with Gasteiger partial charge in [0.1, 0.15) is 24.2 Å². The van der Waals surface area contributed by atoms with Crippen LogP contribution in [0.3, 0.4) is 0 Å². The molecule has 0 amide bonds. The highest BCUT2D eigenvalue weighted by Gasteiger charge is 2.09. The van der Waals surface area contributed by atoms with Crippen LogP contribution in [0.4, 0.5) is 0 Å². The van der Waals surface area contributed by atoms with E-state index >= 15 is 0 Å². The SMILES string of the molecule is COC(=O)c1cccc(-c2ccc(C=Nn3cnnc3)o2)c1. The zero-order valence-electron chi connectivity index (χ0n) is 11.7. The maximum absolute atomic E-state index is 11.5. The lowest BCUT2D eigenvalue weighted by Crippen LogP contribution is -2.00. The molecule has 0 aliphatic carbocycles. The van der Waals surface area contributed by atoms with Crippen molar-refractivity contribution in [1.29, 1.82) is 0 Å². The number of carbonyl (C=O) groups is 1. The van der Waals surface area contributed by atoms with E-state index in [2.05, 4.69) is 15.3 Å². The molecule has 0 aliphatic heterocycles. The third kappa shape index (κ3) is 2.93. The zero-order valence-corrected chi connectivity index (χ0v) is 11.7. The summed E-state index contributed by atoms with van der Waals surface area (Å²) in [6, 6.07) is 10.6. The third-order valence-corrected chi connectivity index (χ3v) is 2.92. The van der Waals surface area contributed by atoms with Gasteiger partial charge in [-0.25, -0.2) is 9.47 Å². The van der Waals surface area contributed by atoms with Gasteiger partial charge in [0.15, 0.2) is 0 Å². The first-order chi connectivity index (χ1) is 10.8. The number of methoxy groups -OCH3 is 1. The van der Waals surface area contributed by atoms with Crippen LogP contribution in [0.2, 0.25) is 0 Å². The van der Waals surface area contributed by atoms with Crippen molar-refractivity contribution in [3.05, 3.63) is 60.4 Å². The second-order valence-corrected chi connectivity index (χ2v) is 4.36. The number of aromatic nitrogens is 3. The molecule has 22 heavy (non-hydrogen) atoms. The Balaban J connectivity index is 1.83. The molecular formula is C15H12N4O3. The molecule has 3 aromatic rings. The predicted octanol–water partition coefficient (Wildman–Crippen LogP) is 2.21. The molecule has 0 unspecified atom stereocenters. The molecule has 2 heterocycles. The lowest BCUT2D eigenvalue weighted by Gasteiger charge is -2.01. The molecular weight excluding hydrogens is 284 g/mol. The van der Waals surface area contributed by atoms with Gasteiger partial charge < -0.3 is 9.15 Å². The minimum absolute atomic E-state index is 0.386. The molecule has 0 aliphatic rings. The molecule has 0 spiro atoms. The van der Waals surface area contributed by atoms with Crippen molar-refractivity contribution in [2.45, 2.75) is 0 Å². The van der Waals surface area contributed by atoms with Gasteiger partial charge in [-0.2, -0.15) is 5.10 Å². The van der Waals surface area contributed by atoms with Gasteiger partial charge in [-0.05, 0) is 24.3 Å². The number of benzene rings is 1. The van der Waals surface area contributed by atoms with Crippen LogP contribution in [0.25, 0.3) is 11.3 Å². The summed E-state index contributed by atoms with van der Waals surface area (Å²) in [7, 11) is 1.35. The third-order valence-electron chi connectivity index (χ3n) is 2.92. The second kappa shape index (κ2) is 6.04. The number of esters is 1. The van der Waals surface area contributed by atoms with Crippen LogP contribution in [0, 0.1) is 0 Å². The van der Waals surface area contributed by atoms with Crippen molar-refractivity contribution in [3.8, 4) is 11.3 Å². The van der Waals surface area contributed by atoms with E-state index in [-0.39, 0.29) is 5.97 Å². The average molecular weight is 296 g/mol. The molecule has 0 fully saturated rings. The molecule has 0 saturated heterocycles. The first kappa shape index (κ1) is 13.7. The summed E-state index contributed by atoms with van der Waals surface area (Å²) >= 11 is 0. The summed E-state index contributed by atoms with van der Waals surface area (Å²) in [5, 5.41) is 11.4. The van der Waals surface area contributed by atoms with Crippen molar-refractivity contribution in [1.82, 2.24) is 14.9 Å². The standard InChI is InChI=1S/C15H12N4O3/c1-21-15(20)12-4-2-3-11(7-12)14-6-5-13(22-14)8-18-19-9-16-17-10-19/h2-10H,1H3. The lowest BCUT2D eigenvalue weighted by molar-refractivity contribution is 0.0601. The summed E-state index contributed by atoms with van der Waals surface area (Å²) in [6.45, 7) is 0. The highest BCUT2D eigenvalue weighted by Crippen LogP contribution is 2.22. The first-order valence-corrected chi connectivity index (χ1v) is 6.44. The number of nitrogens with zero attached hydrogens (tertiary/aromatic N) is 4. The van der Waals surface area contributed by atoms with Gasteiger partial charge in [-0.3, -0.25) is 0 Å². The summed E-state index contributed by atoms with van der Waals surface area (Å²) in [6.07, 6.45) is 4.50. The molecule has 0 N–H and O–H groups in total. The number of hydrogen-bond donors (Lipinski definition) is 0. The largest absolute Gasteiger partial charge is 0.465 e. The van der Waals surface area contributed by atoms with Crippen LogP contribution < -0.4 is 0 Å². The highest BCUT2D eigenvalue weighted by atomic mass is 16.5. The smallest absolute Gasteiger partial charge is 0.337 e. The van der Waals surface area contributed by atoms with Gasteiger partial charge in [-0.1, -0.05) is 12.1 Å². The molecule has 0 radical (unpaired) electrons. The van der Waals surface area contributed by atoms with Crippen LogP contribution >= 0.6 is 0 Å². The van der Waals surface area contributed by atoms with Gasteiger partial charge in [-0.15, -0.1) is 10.2 Å². The zero-order chi connectivity index (χ0) is 15.4. The number of ether oxygens (including phenoxy) is 1. The molecule has 7 nitrogen and oxygen atoms in total. The van der Waals surface area contributed by atoms with Crippen LogP contribution in [-0.4, -0.2) is 34.2 Å². The summed E-state index contributed by atoms with van der Waals surface area (Å²) in [4.78, 5) is 11.5. The highest BCUT2D eigenvalue weighted by molar-refractivity contribution is 5.90. The van der Waals surface area contributed by atoms with E-state index in [9.17, 15) is 4.79 Å². The lowest BCUT2D eigenvalue weighted by atomic mass is 10.1. The van der Waals surface area contributed by atoms with E-state index in [0.717, 1.165) is 5.56 Å². The van der Waals surface area contributed by atoms with Gasteiger partial charge >= 0.3 is 5.97 Å². The molecule has 0 bridgehead atoms. The van der Waals surface area contributed by atoms with E-state index in [0.29, 0.717) is 17.1 Å². The van der Waals surface area contributed by atoms with Crippen LogP contribution in [0.5, 0.6) is 0 Å². The Morgan fingerprint density at radius 3 is 2.86 bits per heavy atom. The Hall–Kier alpha value is -3.22. The van der Waals surface area contributed by atoms with E-state index in [1.165, 1.54) is 24.4 Å². The minimum Gasteiger partial charge on any atom is -0.465 e.